The Morgan fingerprint density at radius 3 is 2.80 bits per heavy atom. The van der Waals surface area contributed by atoms with Gasteiger partial charge in [0.1, 0.15) is 5.03 Å². The Kier molecular flexibility index (Phi) is 4.46. The highest BCUT2D eigenvalue weighted by Gasteiger charge is 2.08. The summed E-state index contributed by atoms with van der Waals surface area (Å²) in [6.07, 6.45) is 1.62. The number of aryl methyl sites for hydroxylation is 1. The lowest BCUT2D eigenvalue weighted by Crippen LogP contribution is -2.10. The molecule has 0 aliphatic heterocycles. The number of nitrogens with zero attached hydrogens (tertiary/aromatic N) is 3. The van der Waals surface area contributed by atoms with E-state index in [0.717, 1.165) is 24.6 Å². The van der Waals surface area contributed by atoms with Crippen molar-refractivity contribution in [3.8, 4) is 0 Å². The molecule has 8 heteroatoms. The topological polar surface area (TPSA) is 109 Å². The molecule has 0 saturated carbocycles. The molecule has 0 atom stereocenters. The van der Waals surface area contributed by atoms with E-state index in [1.165, 1.54) is 18.2 Å². The highest BCUT2D eigenvalue weighted by atomic mass is 32.2. The van der Waals surface area contributed by atoms with Gasteiger partial charge >= 0.3 is 5.97 Å². The maximum absolute atomic E-state index is 11.5. The largest absolute Gasteiger partial charge is 0.476 e. The van der Waals surface area contributed by atoms with E-state index in [1.54, 1.807) is 0 Å². The number of aromatic carboxylic acids is 1. The van der Waals surface area contributed by atoms with Gasteiger partial charge in [-0.25, -0.2) is 9.78 Å². The van der Waals surface area contributed by atoms with Gasteiger partial charge in [-0.2, -0.15) is 0 Å². The molecule has 2 rings (SSSR count). The Labute approximate surface area is 118 Å². The van der Waals surface area contributed by atoms with Crippen molar-refractivity contribution in [1.82, 2.24) is 20.2 Å². The summed E-state index contributed by atoms with van der Waals surface area (Å²) in [5, 5.41) is 16.9. The molecule has 0 aliphatic rings. The van der Waals surface area contributed by atoms with E-state index in [-0.39, 0.29) is 11.3 Å². The average molecular weight is 292 g/mol. The van der Waals surface area contributed by atoms with Crippen LogP contribution < -0.4 is 5.56 Å². The first-order valence-corrected chi connectivity index (χ1v) is 6.75. The van der Waals surface area contributed by atoms with E-state index < -0.39 is 5.97 Å². The minimum atomic E-state index is -1.13. The summed E-state index contributed by atoms with van der Waals surface area (Å²) < 4.78 is 0. The lowest BCUT2D eigenvalue weighted by molar-refractivity contribution is 0.0689. The highest BCUT2D eigenvalue weighted by molar-refractivity contribution is 7.99. The van der Waals surface area contributed by atoms with Crippen LogP contribution in [0.25, 0.3) is 0 Å². The number of aromatic nitrogens is 4. The Bertz CT molecular complexity index is 669. The minimum absolute atomic E-state index is 0.129. The van der Waals surface area contributed by atoms with Crippen molar-refractivity contribution in [2.75, 3.05) is 0 Å². The number of carbonyl (C=O) groups is 1. The van der Waals surface area contributed by atoms with Crippen molar-refractivity contribution >= 4 is 17.7 Å². The molecule has 0 fully saturated rings. The number of rotatable bonds is 5. The molecule has 2 heterocycles. The van der Waals surface area contributed by atoms with Crippen molar-refractivity contribution in [2.45, 2.75) is 29.9 Å². The first-order valence-electron chi connectivity index (χ1n) is 5.93. The van der Waals surface area contributed by atoms with Crippen molar-refractivity contribution < 1.29 is 9.90 Å². The van der Waals surface area contributed by atoms with Gasteiger partial charge in [-0.15, -0.1) is 10.2 Å². The quantitative estimate of drug-likeness (QED) is 0.801. The zero-order valence-corrected chi connectivity index (χ0v) is 11.5. The molecular formula is C12H12N4O3S. The number of carboxylic acids is 1. The fourth-order valence-electron chi connectivity index (χ4n) is 1.50. The van der Waals surface area contributed by atoms with E-state index in [1.807, 2.05) is 6.92 Å². The minimum Gasteiger partial charge on any atom is -0.476 e. The van der Waals surface area contributed by atoms with Crippen LogP contribution in [0.5, 0.6) is 0 Å². The Balaban J connectivity index is 2.20. The van der Waals surface area contributed by atoms with Crippen LogP contribution in [0, 0.1) is 0 Å². The first-order chi connectivity index (χ1) is 9.58. The summed E-state index contributed by atoms with van der Waals surface area (Å²) in [6.45, 7) is 2.01. The summed E-state index contributed by atoms with van der Waals surface area (Å²) in [6, 6.07) is 4.34. The maximum Gasteiger partial charge on any atom is 0.356 e. The van der Waals surface area contributed by atoms with Crippen molar-refractivity contribution in [3.63, 3.8) is 0 Å². The maximum atomic E-state index is 11.5. The molecule has 0 aliphatic carbocycles. The normalized spacial score (nSPS) is 10.4. The molecule has 0 spiro atoms. The summed E-state index contributed by atoms with van der Waals surface area (Å²) >= 11 is 1.13. The lowest BCUT2D eigenvalue weighted by Gasteiger charge is -2.02. The van der Waals surface area contributed by atoms with Gasteiger partial charge in [-0.05, 0) is 30.3 Å². The molecule has 2 N–H and O–H groups in total. The third-order valence-corrected chi connectivity index (χ3v) is 3.15. The van der Waals surface area contributed by atoms with E-state index in [4.69, 9.17) is 5.11 Å². The smallest absolute Gasteiger partial charge is 0.356 e. The van der Waals surface area contributed by atoms with Crippen molar-refractivity contribution in [3.05, 3.63) is 39.9 Å². The predicted octanol–water partition coefficient (Wildman–Crippen LogP) is 1.36. The summed E-state index contributed by atoms with van der Waals surface area (Å²) in [7, 11) is 0. The second-order valence-corrected chi connectivity index (χ2v) is 4.97. The third kappa shape index (κ3) is 3.64. The Hall–Kier alpha value is -2.22. The predicted molar refractivity (Wildman–Crippen MR) is 72.0 cm³/mol. The van der Waals surface area contributed by atoms with Gasteiger partial charge in [0.2, 0.25) is 0 Å². The molecule has 0 radical (unpaired) electrons. The number of H-pyrrole nitrogens is 1. The molecule has 104 valence electrons. The fraction of sp³-hybridized carbons (Fsp3) is 0.250. The average Bonchev–Trinajstić information content (AvgIpc) is 2.39. The first kappa shape index (κ1) is 14.2. The zero-order valence-electron chi connectivity index (χ0n) is 10.7. The molecule has 0 bridgehead atoms. The second kappa shape index (κ2) is 6.29. The van der Waals surface area contributed by atoms with Crippen LogP contribution >= 0.6 is 11.8 Å². The lowest BCUT2D eigenvalue weighted by atomic mass is 10.2. The molecule has 2 aromatic rings. The molecule has 0 amide bonds. The number of hydrogen-bond donors (Lipinski definition) is 2. The van der Waals surface area contributed by atoms with Crippen LogP contribution in [-0.4, -0.2) is 31.2 Å². The Morgan fingerprint density at radius 1 is 1.40 bits per heavy atom. The van der Waals surface area contributed by atoms with Gasteiger partial charge in [-0.1, -0.05) is 13.3 Å². The number of carboxylic acid groups (broad SMARTS) is 1. The monoisotopic (exact) mass is 292 g/mol. The van der Waals surface area contributed by atoms with Crippen LogP contribution in [0.3, 0.4) is 0 Å². The molecule has 0 saturated heterocycles. The number of nitrogens with one attached hydrogen (secondary N) is 1. The number of hydrogen-bond acceptors (Lipinski definition) is 6. The molecular weight excluding hydrogens is 280 g/mol. The summed E-state index contributed by atoms with van der Waals surface area (Å²) in [5.74, 6) is -1.13. The van der Waals surface area contributed by atoms with Crippen molar-refractivity contribution in [2.24, 2.45) is 0 Å². The van der Waals surface area contributed by atoms with Gasteiger partial charge in [-0.3, -0.25) is 4.79 Å². The SMILES string of the molecule is CCCc1cc(=O)[nH]c(Sc2ccc(C(=O)O)nn2)n1. The Morgan fingerprint density at radius 2 is 2.20 bits per heavy atom. The molecule has 0 aromatic carbocycles. The third-order valence-electron chi connectivity index (χ3n) is 2.34. The second-order valence-electron chi connectivity index (χ2n) is 3.96. The van der Waals surface area contributed by atoms with E-state index >= 15 is 0 Å². The van der Waals surface area contributed by atoms with Crippen LogP contribution in [0.1, 0.15) is 29.5 Å². The van der Waals surface area contributed by atoms with E-state index in [0.29, 0.717) is 15.9 Å². The van der Waals surface area contributed by atoms with Crippen LogP contribution in [0.4, 0.5) is 0 Å². The molecule has 0 unspecified atom stereocenters. The fourth-order valence-corrected chi connectivity index (χ4v) is 2.23. The van der Waals surface area contributed by atoms with Gasteiger partial charge in [0, 0.05) is 11.8 Å². The van der Waals surface area contributed by atoms with Crippen LogP contribution in [-0.2, 0) is 6.42 Å². The summed E-state index contributed by atoms with van der Waals surface area (Å²) in [5.41, 5.74) is 0.366. The standard InChI is InChI=1S/C12H12N4O3S/c1-2-3-7-6-9(17)14-12(13-7)20-10-5-4-8(11(18)19)15-16-10/h4-6H,2-3H2,1H3,(H,18,19)(H,13,14,17). The molecule has 20 heavy (non-hydrogen) atoms. The zero-order chi connectivity index (χ0) is 14.5. The van der Waals surface area contributed by atoms with Gasteiger partial charge < -0.3 is 10.1 Å². The van der Waals surface area contributed by atoms with Crippen LogP contribution in [0.2, 0.25) is 0 Å². The van der Waals surface area contributed by atoms with E-state index in [2.05, 4.69) is 20.2 Å². The van der Waals surface area contributed by atoms with E-state index in [9.17, 15) is 9.59 Å². The molecule has 2 aromatic heterocycles. The number of aromatic amines is 1. The van der Waals surface area contributed by atoms with Crippen LogP contribution in [0.15, 0.2) is 33.2 Å². The summed E-state index contributed by atoms with van der Waals surface area (Å²) in [4.78, 5) is 29.1. The van der Waals surface area contributed by atoms with Gasteiger partial charge in [0.05, 0.1) is 0 Å². The van der Waals surface area contributed by atoms with Gasteiger partial charge in [0.25, 0.3) is 5.56 Å². The van der Waals surface area contributed by atoms with Crippen molar-refractivity contribution in [1.29, 1.82) is 0 Å². The molecule has 7 nitrogen and oxygen atoms in total. The van der Waals surface area contributed by atoms with Gasteiger partial charge in [0.15, 0.2) is 10.9 Å². The highest BCUT2D eigenvalue weighted by Crippen LogP contribution is 2.21.